The summed E-state index contributed by atoms with van der Waals surface area (Å²) >= 11 is 0. The normalized spacial score (nSPS) is 17.5. The smallest absolute Gasteiger partial charge is 0.290 e. The minimum Gasteiger partial charge on any atom is -0.503 e. The van der Waals surface area contributed by atoms with Gasteiger partial charge < -0.3 is 19.2 Å². The van der Waals surface area contributed by atoms with Crippen LogP contribution in [0.3, 0.4) is 0 Å². The summed E-state index contributed by atoms with van der Waals surface area (Å²) in [6, 6.07) is 10.2. The molecule has 0 fully saturated rings. The highest BCUT2D eigenvalue weighted by molar-refractivity contribution is 6.15. The number of furan rings is 1. The van der Waals surface area contributed by atoms with Crippen molar-refractivity contribution in [2.75, 3.05) is 20.3 Å². The Morgan fingerprint density at radius 3 is 2.43 bits per heavy atom. The molecule has 1 aromatic carbocycles. The standard InChI is InChI=1S/C22H25NO5/c1-22(2,3)15-9-7-14(8-10-15)18-17(19(24)16-6-5-12-28-16)20(25)21(26)23(18)11-13-27-4/h5-10,12,18,25H,11,13H2,1-4H3/t18-/m1/s1. The van der Waals surface area contributed by atoms with Gasteiger partial charge in [0.1, 0.15) is 0 Å². The molecular weight excluding hydrogens is 358 g/mol. The lowest BCUT2D eigenvalue weighted by Gasteiger charge is -2.27. The quantitative estimate of drug-likeness (QED) is 0.768. The summed E-state index contributed by atoms with van der Waals surface area (Å²) in [6.45, 7) is 6.88. The molecule has 1 aliphatic heterocycles. The minimum absolute atomic E-state index is 0.0233. The second kappa shape index (κ2) is 7.64. The number of aliphatic hydroxyl groups is 1. The molecule has 1 N–H and O–H groups in total. The topological polar surface area (TPSA) is 80.0 Å². The molecular formula is C22H25NO5. The fourth-order valence-electron chi connectivity index (χ4n) is 3.36. The number of methoxy groups -OCH3 is 1. The van der Waals surface area contributed by atoms with E-state index in [-0.39, 0.29) is 29.9 Å². The molecule has 28 heavy (non-hydrogen) atoms. The second-order valence-corrected chi connectivity index (χ2v) is 7.83. The summed E-state index contributed by atoms with van der Waals surface area (Å²) < 4.78 is 10.3. The number of nitrogens with zero attached hydrogens (tertiary/aromatic N) is 1. The first-order chi connectivity index (χ1) is 13.3. The highest BCUT2D eigenvalue weighted by Crippen LogP contribution is 2.39. The Hall–Kier alpha value is -2.86. The van der Waals surface area contributed by atoms with Gasteiger partial charge in [-0.1, -0.05) is 45.0 Å². The summed E-state index contributed by atoms with van der Waals surface area (Å²) in [4.78, 5) is 27.1. The average molecular weight is 383 g/mol. The highest BCUT2D eigenvalue weighted by atomic mass is 16.5. The fourth-order valence-corrected chi connectivity index (χ4v) is 3.36. The van der Waals surface area contributed by atoms with Crippen molar-refractivity contribution in [1.29, 1.82) is 0 Å². The first-order valence-electron chi connectivity index (χ1n) is 9.17. The molecule has 1 aliphatic rings. The first-order valence-corrected chi connectivity index (χ1v) is 9.17. The van der Waals surface area contributed by atoms with Gasteiger partial charge in [-0.05, 0) is 28.7 Å². The SMILES string of the molecule is COCCN1C(=O)C(O)=C(C(=O)c2ccco2)[C@H]1c1ccc(C(C)(C)C)cc1. The molecule has 1 amide bonds. The summed E-state index contributed by atoms with van der Waals surface area (Å²) in [7, 11) is 1.54. The zero-order valence-corrected chi connectivity index (χ0v) is 16.6. The summed E-state index contributed by atoms with van der Waals surface area (Å²) in [5.41, 5.74) is 1.89. The number of hydrogen-bond donors (Lipinski definition) is 1. The van der Waals surface area contributed by atoms with Crippen molar-refractivity contribution < 1.29 is 23.8 Å². The number of carbonyl (C=O) groups excluding carboxylic acids is 2. The van der Waals surface area contributed by atoms with Crippen LogP contribution >= 0.6 is 0 Å². The number of Topliss-reactive ketones (excluding diaryl/α,β-unsaturated/α-hetero) is 1. The molecule has 6 heteroatoms. The maximum Gasteiger partial charge on any atom is 0.290 e. The number of carbonyl (C=O) groups is 2. The number of benzene rings is 1. The lowest BCUT2D eigenvalue weighted by molar-refractivity contribution is -0.130. The van der Waals surface area contributed by atoms with Gasteiger partial charge in [-0.15, -0.1) is 0 Å². The van der Waals surface area contributed by atoms with Crippen LogP contribution in [0.5, 0.6) is 0 Å². The second-order valence-electron chi connectivity index (χ2n) is 7.83. The van der Waals surface area contributed by atoms with Crippen LogP contribution in [0.25, 0.3) is 0 Å². The number of rotatable bonds is 6. The van der Waals surface area contributed by atoms with E-state index in [9.17, 15) is 14.7 Å². The largest absolute Gasteiger partial charge is 0.503 e. The lowest BCUT2D eigenvalue weighted by atomic mass is 9.85. The third kappa shape index (κ3) is 3.60. The van der Waals surface area contributed by atoms with E-state index in [4.69, 9.17) is 9.15 Å². The number of ether oxygens (including phenoxy) is 1. The molecule has 0 aliphatic carbocycles. The Labute approximate surface area is 164 Å². The molecule has 1 atom stereocenters. The van der Waals surface area contributed by atoms with Crippen molar-refractivity contribution in [3.05, 3.63) is 70.9 Å². The third-order valence-electron chi connectivity index (χ3n) is 4.92. The molecule has 0 bridgehead atoms. The molecule has 3 rings (SSSR count). The number of ketones is 1. The van der Waals surface area contributed by atoms with Gasteiger partial charge >= 0.3 is 0 Å². The van der Waals surface area contributed by atoms with E-state index in [1.54, 1.807) is 6.07 Å². The summed E-state index contributed by atoms with van der Waals surface area (Å²) in [5, 5.41) is 10.5. The third-order valence-corrected chi connectivity index (χ3v) is 4.92. The summed E-state index contributed by atoms with van der Waals surface area (Å²) in [6.07, 6.45) is 1.39. The predicted octanol–water partition coefficient (Wildman–Crippen LogP) is 3.80. The number of amides is 1. The Kier molecular flexibility index (Phi) is 5.42. The van der Waals surface area contributed by atoms with E-state index < -0.39 is 23.5 Å². The van der Waals surface area contributed by atoms with E-state index in [1.165, 1.54) is 24.3 Å². The van der Waals surface area contributed by atoms with Gasteiger partial charge in [0.25, 0.3) is 5.91 Å². The zero-order chi connectivity index (χ0) is 20.5. The fraction of sp³-hybridized carbons (Fsp3) is 0.364. The van der Waals surface area contributed by atoms with Gasteiger partial charge in [-0.3, -0.25) is 9.59 Å². The van der Waals surface area contributed by atoms with Crippen molar-refractivity contribution >= 4 is 11.7 Å². The van der Waals surface area contributed by atoms with Crippen LogP contribution in [-0.4, -0.2) is 42.0 Å². The molecule has 0 saturated heterocycles. The van der Waals surface area contributed by atoms with E-state index in [1.807, 2.05) is 24.3 Å². The lowest BCUT2D eigenvalue weighted by Crippen LogP contribution is -2.34. The Morgan fingerprint density at radius 1 is 1.21 bits per heavy atom. The average Bonchev–Trinajstić information content (AvgIpc) is 3.27. The van der Waals surface area contributed by atoms with E-state index in [0.29, 0.717) is 0 Å². The molecule has 2 aromatic rings. The molecule has 0 spiro atoms. The van der Waals surface area contributed by atoms with Crippen molar-refractivity contribution in [3.8, 4) is 0 Å². The molecule has 6 nitrogen and oxygen atoms in total. The molecule has 148 valence electrons. The highest BCUT2D eigenvalue weighted by Gasteiger charge is 2.44. The van der Waals surface area contributed by atoms with Gasteiger partial charge in [-0.25, -0.2) is 0 Å². The van der Waals surface area contributed by atoms with Crippen molar-refractivity contribution in [1.82, 2.24) is 4.90 Å². The Balaban J connectivity index is 2.05. The van der Waals surface area contributed by atoms with Gasteiger partial charge in [0.05, 0.1) is 24.5 Å². The van der Waals surface area contributed by atoms with Crippen LogP contribution < -0.4 is 0 Å². The number of aliphatic hydroxyl groups excluding tert-OH is 1. The maximum absolute atomic E-state index is 13.0. The van der Waals surface area contributed by atoms with E-state index >= 15 is 0 Å². The molecule has 0 saturated carbocycles. The van der Waals surface area contributed by atoms with Gasteiger partial charge in [-0.2, -0.15) is 0 Å². The van der Waals surface area contributed by atoms with Crippen molar-refractivity contribution in [2.24, 2.45) is 0 Å². The van der Waals surface area contributed by atoms with Crippen LogP contribution in [0, 0.1) is 0 Å². The molecule has 0 radical (unpaired) electrons. The molecule has 0 unspecified atom stereocenters. The van der Waals surface area contributed by atoms with Crippen molar-refractivity contribution in [3.63, 3.8) is 0 Å². The predicted molar refractivity (Wildman–Crippen MR) is 104 cm³/mol. The first kappa shape index (κ1) is 19.9. The van der Waals surface area contributed by atoms with Gasteiger partial charge in [0, 0.05) is 13.7 Å². The van der Waals surface area contributed by atoms with Crippen LogP contribution in [0.4, 0.5) is 0 Å². The van der Waals surface area contributed by atoms with E-state index in [2.05, 4.69) is 20.8 Å². The van der Waals surface area contributed by atoms with Crippen LogP contribution in [-0.2, 0) is 14.9 Å². The van der Waals surface area contributed by atoms with Crippen LogP contribution in [0.2, 0.25) is 0 Å². The minimum atomic E-state index is -0.700. The number of hydrogen-bond acceptors (Lipinski definition) is 5. The monoisotopic (exact) mass is 383 g/mol. The molecule has 2 heterocycles. The maximum atomic E-state index is 13.0. The van der Waals surface area contributed by atoms with E-state index in [0.717, 1.165) is 11.1 Å². The van der Waals surface area contributed by atoms with Gasteiger partial charge in [0.15, 0.2) is 11.5 Å². The van der Waals surface area contributed by atoms with Crippen molar-refractivity contribution in [2.45, 2.75) is 32.2 Å². The van der Waals surface area contributed by atoms with Crippen LogP contribution in [0.1, 0.15) is 48.5 Å². The Morgan fingerprint density at radius 2 is 1.89 bits per heavy atom. The Bertz CT molecular complexity index is 888. The van der Waals surface area contributed by atoms with Crippen LogP contribution in [0.15, 0.2) is 58.4 Å². The van der Waals surface area contributed by atoms with Gasteiger partial charge in [0.2, 0.25) is 5.78 Å². The molecule has 1 aromatic heterocycles. The summed E-state index contributed by atoms with van der Waals surface area (Å²) in [5.74, 6) is -1.54. The zero-order valence-electron chi connectivity index (χ0n) is 16.6.